The molecule has 1 aliphatic rings. The Morgan fingerprint density at radius 2 is 2.42 bits per heavy atom. The molecular weight excluding hydrogens is 242 g/mol. The van der Waals surface area contributed by atoms with Crippen LogP contribution in [0.25, 0.3) is 6.08 Å². The highest BCUT2D eigenvalue weighted by Gasteiger charge is 2.18. The van der Waals surface area contributed by atoms with E-state index in [4.69, 9.17) is 9.84 Å². The number of carbonyl (C=O) groups is 1. The van der Waals surface area contributed by atoms with Crippen molar-refractivity contribution in [3.63, 3.8) is 0 Å². The van der Waals surface area contributed by atoms with Gasteiger partial charge in [-0.25, -0.2) is 4.79 Å². The number of hydrogen-bond donors (Lipinski definition) is 1. The fraction of sp³-hybridized carbons (Fsp3) is 0.400. The standard InChI is InChI=1S/C15H19NO3/c1-12-11-19-8-7-16(12)10-14-4-2-3-13(9-14)5-6-15(17)18/h2-6,9,12H,7-8,10-11H2,1H3,(H,17,18). The van der Waals surface area contributed by atoms with Crippen LogP contribution in [-0.4, -0.2) is 41.8 Å². The van der Waals surface area contributed by atoms with Crippen molar-refractivity contribution in [1.29, 1.82) is 0 Å². The van der Waals surface area contributed by atoms with Gasteiger partial charge in [0.05, 0.1) is 13.2 Å². The first-order chi connectivity index (χ1) is 9.15. The van der Waals surface area contributed by atoms with Gasteiger partial charge < -0.3 is 9.84 Å². The summed E-state index contributed by atoms with van der Waals surface area (Å²) in [6.45, 7) is 5.53. The monoisotopic (exact) mass is 261 g/mol. The number of nitrogens with zero attached hydrogens (tertiary/aromatic N) is 1. The zero-order valence-corrected chi connectivity index (χ0v) is 11.1. The van der Waals surface area contributed by atoms with Gasteiger partial charge in [0.1, 0.15) is 0 Å². The van der Waals surface area contributed by atoms with E-state index in [0.29, 0.717) is 6.04 Å². The largest absolute Gasteiger partial charge is 0.478 e. The van der Waals surface area contributed by atoms with E-state index in [0.717, 1.165) is 37.9 Å². The summed E-state index contributed by atoms with van der Waals surface area (Å²) in [5.41, 5.74) is 2.11. The Morgan fingerprint density at radius 1 is 1.58 bits per heavy atom. The van der Waals surface area contributed by atoms with Gasteiger partial charge in [0.15, 0.2) is 0 Å². The van der Waals surface area contributed by atoms with E-state index in [-0.39, 0.29) is 0 Å². The van der Waals surface area contributed by atoms with Crippen LogP contribution in [0.5, 0.6) is 0 Å². The molecule has 1 aromatic carbocycles. The van der Waals surface area contributed by atoms with Crippen LogP contribution in [0, 0.1) is 0 Å². The maximum atomic E-state index is 10.5. The lowest BCUT2D eigenvalue weighted by Gasteiger charge is -2.33. The first-order valence-electron chi connectivity index (χ1n) is 6.47. The second kappa shape index (κ2) is 6.50. The molecule has 0 aliphatic carbocycles. The summed E-state index contributed by atoms with van der Waals surface area (Å²) >= 11 is 0. The van der Waals surface area contributed by atoms with Crippen molar-refractivity contribution >= 4 is 12.0 Å². The minimum Gasteiger partial charge on any atom is -0.478 e. The van der Waals surface area contributed by atoms with Gasteiger partial charge in [0, 0.05) is 25.2 Å². The third-order valence-electron chi connectivity index (χ3n) is 3.26. The number of aliphatic carboxylic acids is 1. The first kappa shape index (κ1) is 13.8. The van der Waals surface area contributed by atoms with Gasteiger partial charge in [-0.15, -0.1) is 0 Å². The molecule has 1 aromatic rings. The maximum absolute atomic E-state index is 10.5. The molecule has 1 N–H and O–H groups in total. The lowest BCUT2D eigenvalue weighted by molar-refractivity contribution is -0.131. The van der Waals surface area contributed by atoms with Crippen LogP contribution in [0.15, 0.2) is 30.3 Å². The molecule has 1 unspecified atom stereocenters. The number of carboxylic acid groups (broad SMARTS) is 1. The quantitative estimate of drug-likeness (QED) is 0.842. The smallest absolute Gasteiger partial charge is 0.328 e. The molecule has 1 atom stereocenters. The fourth-order valence-corrected chi connectivity index (χ4v) is 2.19. The van der Waals surface area contributed by atoms with Crippen LogP contribution in [0.3, 0.4) is 0 Å². The molecule has 0 radical (unpaired) electrons. The Kier molecular flexibility index (Phi) is 4.71. The molecule has 19 heavy (non-hydrogen) atoms. The van der Waals surface area contributed by atoms with Crippen LogP contribution < -0.4 is 0 Å². The molecule has 1 saturated heterocycles. The lowest BCUT2D eigenvalue weighted by atomic mass is 10.1. The Hall–Kier alpha value is -1.65. The average Bonchev–Trinajstić information content (AvgIpc) is 2.40. The van der Waals surface area contributed by atoms with E-state index in [1.54, 1.807) is 6.08 Å². The van der Waals surface area contributed by atoms with Crippen molar-refractivity contribution < 1.29 is 14.6 Å². The van der Waals surface area contributed by atoms with Crippen molar-refractivity contribution in [1.82, 2.24) is 4.90 Å². The highest BCUT2D eigenvalue weighted by Crippen LogP contribution is 2.14. The van der Waals surface area contributed by atoms with E-state index in [1.807, 2.05) is 18.2 Å². The summed E-state index contributed by atoms with van der Waals surface area (Å²) in [6, 6.07) is 8.39. The minimum atomic E-state index is -0.924. The summed E-state index contributed by atoms with van der Waals surface area (Å²) in [5.74, 6) is -0.924. The Labute approximate surface area is 113 Å². The third kappa shape index (κ3) is 4.19. The van der Waals surface area contributed by atoms with Gasteiger partial charge in [-0.1, -0.05) is 24.3 Å². The lowest BCUT2D eigenvalue weighted by Crippen LogP contribution is -2.42. The highest BCUT2D eigenvalue weighted by molar-refractivity contribution is 5.85. The predicted molar refractivity (Wildman–Crippen MR) is 73.8 cm³/mol. The SMILES string of the molecule is CC1COCCN1Cc1cccc(C=CC(=O)O)c1. The third-order valence-corrected chi connectivity index (χ3v) is 3.26. The number of hydrogen-bond acceptors (Lipinski definition) is 3. The second-order valence-electron chi connectivity index (χ2n) is 4.81. The van der Waals surface area contributed by atoms with Crippen LogP contribution in [0.1, 0.15) is 18.1 Å². The maximum Gasteiger partial charge on any atom is 0.328 e. The molecule has 4 heteroatoms. The molecule has 0 amide bonds. The molecule has 1 fully saturated rings. The summed E-state index contributed by atoms with van der Waals surface area (Å²) in [4.78, 5) is 12.9. The zero-order chi connectivity index (χ0) is 13.7. The number of ether oxygens (including phenoxy) is 1. The van der Waals surface area contributed by atoms with E-state index in [1.165, 1.54) is 5.56 Å². The number of benzene rings is 1. The van der Waals surface area contributed by atoms with Gasteiger partial charge in [-0.2, -0.15) is 0 Å². The normalized spacial score (nSPS) is 20.8. The predicted octanol–water partition coefficient (Wildman–Crippen LogP) is 2.01. The molecule has 2 rings (SSSR count). The molecule has 102 valence electrons. The Bertz CT molecular complexity index is 470. The number of carboxylic acids is 1. The first-order valence-corrected chi connectivity index (χ1v) is 6.47. The van der Waals surface area contributed by atoms with Crippen LogP contribution >= 0.6 is 0 Å². The molecule has 0 aromatic heterocycles. The van der Waals surface area contributed by atoms with Crippen molar-refractivity contribution in [2.24, 2.45) is 0 Å². The molecule has 1 heterocycles. The van der Waals surface area contributed by atoms with E-state index in [9.17, 15) is 4.79 Å². The average molecular weight is 261 g/mol. The van der Waals surface area contributed by atoms with Gasteiger partial charge >= 0.3 is 5.97 Å². The van der Waals surface area contributed by atoms with Crippen LogP contribution in [-0.2, 0) is 16.1 Å². The summed E-state index contributed by atoms with van der Waals surface area (Å²) in [7, 11) is 0. The fourth-order valence-electron chi connectivity index (χ4n) is 2.19. The van der Waals surface area contributed by atoms with E-state index < -0.39 is 5.97 Å². The Morgan fingerprint density at radius 3 is 3.16 bits per heavy atom. The minimum absolute atomic E-state index is 0.423. The van der Waals surface area contributed by atoms with Gasteiger partial charge in [-0.05, 0) is 24.1 Å². The van der Waals surface area contributed by atoms with Crippen molar-refractivity contribution in [2.45, 2.75) is 19.5 Å². The molecule has 0 spiro atoms. The number of morpholine rings is 1. The van der Waals surface area contributed by atoms with Crippen LogP contribution in [0.4, 0.5) is 0 Å². The van der Waals surface area contributed by atoms with Crippen LogP contribution in [0.2, 0.25) is 0 Å². The molecule has 0 saturated carbocycles. The summed E-state index contributed by atoms with van der Waals surface area (Å²) in [6.07, 6.45) is 2.78. The molecule has 4 nitrogen and oxygen atoms in total. The topological polar surface area (TPSA) is 49.8 Å². The van der Waals surface area contributed by atoms with Gasteiger partial charge in [0.2, 0.25) is 0 Å². The Balaban J connectivity index is 2.04. The second-order valence-corrected chi connectivity index (χ2v) is 4.81. The summed E-state index contributed by atoms with van der Waals surface area (Å²) < 4.78 is 5.42. The highest BCUT2D eigenvalue weighted by atomic mass is 16.5. The molecule has 0 bridgehead atoms. The van der Waals surface area contributed by atoms with Gasteiger partial charge in [-0.3, -0.25) is 4.90 Å². The van der Waals surface area contributed by atoms with E-state index in [2.05, 4.69) is 17.9 Å². The van der Waals surface area contributed by atoms with Crippen molar-refractivity contribution in [3.05, 3.63) is 41.5 Å². The van der Waals surface area contributed by atoms with Gasteiger partial charge in [0.25, 0.3) is 0 Å². The molecule has 1 aliphatic heterocycles. The van der Waals surface area contributed by atoms with Crippen molar-refractivity contribution in [2.75, 3.05) is 19.8 Å². The van der Waals surface area contributed by atoms with Crippen molar-refractivity contribution in [3.8, 4) is 0 Å². The number of rotatable bonds is 4. The summed E-state index contributed by atoms with van der Waals surface area (Å²) in [5, 5.41) is 8.63. The van der Waals surface area contributed by atoms with E-state index >= 15 is 0 Å². The molecular formula is C15H19NO3. The zero-order valence-electron chi connectivity index (χ0n) is 11.1.